The lowest BCUT2D eigenvalue weighted by Gasteiger charge is -2.09. The van der Waals surface area contributed by atoms with Crippen LogP contribution in [0.4, 0.5) is 11.5 Å². The van der Waals surface area contributed by atoms with Crippen LogP contribution in [0.1, 0.15) is 11.1 Å². The highest BCUT2D eigenvalue weighted by Gasteiger charge is 2.00. The van der Waals surface area contributed by atoms with E-state index in [2.05, 4.69) is 22.2 Å². The number of nitrogen functional groups attached to an aromatic ring is 1. The third kappa shape index (κ3) is 2.28. The molecule has 0 aliphatic rings. The normalized spacial score (nSPS) is 10.1. The quantitative estimate of drug-likeness (QED) is 0.820. The summed E-state index contributed by atoms with van der Waals surface area (Å²) in [6.45, 7) is 2.74. The van der Waals surface area contributed by atoms with E-state index in [9.17, 15) is 0 Å². The van der Waals surface area contributed by atoms with E-state index in [4.69, 9.17) is 5.73 Å². The van der Waals surface area contributed by atoms with E-state index in [1.165, 1.54) is 5.56 Å². The molecule has 2 aromatic heterocycles. The number of hydrogen-bond donors (Lipinski definition) is 2. The average molecular weight is 214 g/mol. The van der Waals surface area contributed by atoms with Gasteiger partial charge in [-0.15, -0.1) is 0 Å². The number of hydrogen-bond acceptors (Lipinski definition) is 4. The molecule has 4 nitrogen and oxygen atoms in total. The molecule has 0 saturated heterocycles. The molecule has 0 atom stereocenters. The van der Waals surface area contributed by atoms with Crippen LogP contribution in [-0.2, 0) is 6.54 Å². The highest BCUT2D eigenvalue weighted by atomic mass is 15.0. The van der Waals surface area contributed by atoms with Crippen molar-refractivity contribution in [3.05, 3.63) is 47.9 Å². The Morgan fingerprint density at radius 2 is 2.19 bits per heavy atom. The van der Waals surface area contributed by atoms with Gasteiger partial charge in [0.2, 0.25) is 0 Å². The van der Waals surface area contributed by atoms with Gasteiger partial charge in [-0.2, -0.15) is 0 Å². The summed E-state index contributed by atoms with van der Waals surface area (Å²) in [4.78, 5) is 8.26. The van der Waals surface area contributed by atoms with Gasteiger partial charge in [0.25, 0.3) is 0 Å². The molecule has 82 valence electrons. The second-order valence-corrected chi connectivity index (χ2v) is 3.60. The maximum absolute atomic E-state index is 5.78. The lowest BCUT2D eigenvalue weighted by Crippen LogP contribution is -2.05. The highest BCUT2D eigenvalue weighted by molar-refractivity contribution is 5.60. The summed E-state index contributed by atoms with van der Waals surface area (Å²) < 4.78 is 0. The predicted molar refractivity (Wildman–Crippen MR) is 65.0 cm³/mol. The Labute approximate surface area is 94.5 Å². The van der Waals surface area contributed by atoms with Crippen molar-refractivity contribution in [2.45, 2.75) is 13.5 Å². The third-order valence-corrected chi connectivity index (χ3v) is 2.43. The fraction of sp³-hybridized carbons (Fsp3) is 0.167. The molecule has 0 saturated carbocycles. The molecule has 0 aliphatic carbocycles. The molecule has 16 heavy (non-hydrogen) atoms. The standard InChI is InChI=1S/C12H14N4/c1-9-4-6-14-7-10(9)8-16-12-11(13)3-2-5-15-12/h2-7H,8,13H2,1H3,(H,15,16). The van der Waals surface area contributed by atoms with Crippen molar-refractivity contribution in [3.63, 3.8) is 0 Å². The first-order valence-electron chi connectivity index (χ1n) is 5.11. The van der Waals surface area contributed by atoms with E-state index < -0.39 is 0 Å². The van der Waals surface area contributed by atoms with E-state index in [0.29, 0.717) is 18.1 Å². The summed E-state index contributed by atoms with van der Waals surface area (Å²) in [5.74, 6) is 0.714. The number of pyridine rings is 2. The molecule has 2 rings (SSSR count). The van der Waals surface area contributed by atoms with Crippen molar-refractivity contribution < 1.29 is 0 Å². The summed E-state index contributed by atoms with van der Waals surface area (Å²) in [5, 5.41) is 3.19. The monoisotopic (exact) mass is 214 g/mol. The number of nitrogens with two attached hydrogens (primary N) is 1. The molecule has 0 radical (unpaired) electrons. The van der Waals surface area contributed by atoms with Gasteiger partial charge < -0.3 is 11.1 Å². The van der Waals surface area contributed by atoms with Crippen LogP contribution in [0.15, 0.2) is 36.8 Å². The van der Waals surface area contributed by atoms with E-state index in [-0.39, 0.29) is 0 Å². The fourth-order valence-corrected chi connectivity index (χ4v) is 1.43. The summed E-state index contributed by atoms with van der Waals surface area (Å²) >= 11 is 0. The number of aromatic nitrogens is 2. The molecule has 0 aliphatic heterocycles. The van der Waals surface area contributed by atoms with E-state index in [1.807, 2.05) is 24.4 Å². The summed E-state index contributed by atoms with van der Waals surface area (Å²) in [5.41, 5.74) is 8.79. The van der Waals surface area contributed by atoms with Crippen LogP contribution in [0.3, 0.4) is 0 Å². The molecule has 4 heteroatoms. The van der Waals surface area contributed by atoms with Crippen LogP contribution in [0.2, 0.25) is 0 Å². The van der Waals surface area contributed by atoms with Gasteiger partial charge in [-0.1, -0.05) is 0 Å². The molecule has 0 fully saturated rings. The minimum absolute atomic E-state index is 0.657. The molecule has 2 heterocycles. The highest BCUT2D eigenvalue weighted by Crippen LogP contribution is 2.15. The Hall–Kier alpha value is -2.10. The van der Waals surface area contributed by atoms with Crippen LogP contribution >= 0.6 is 0 Å². The van der Waals surface area contributed by atoms with Crippen molar-refractivity contribution in [3.8, 4) is 0 Å². The Balaban J connectivity index is 2.09. The molecule has 0 unspecified atom stereocenters. The number of nitrogens with one attached hydrogen (secondary N) is 1. The maximum Gasteiger partial charge on any atom is 0.149 e. The molecule has 0 aromatic carbocycles. The minimum atomic E-state index is 0.657. The zero-order valence-corrected chi connectivity index (χ0v) is 9.14. The second-order valence-electron chi connectivity index (χ2n) is 3.60. The van der Waals surface area contributed by atoms with Gasteiger partial charge in [0, 0.05) is 25.1 Å². The van der Waals surface area contributed by atoms with Crippen LogP contribution in [0.5, 0.6) is 0 Å². The maximum atomic E-state index is 5.78. The molecule has 2 aromatic rings. The summed E-state index contributed by atoms with van der Waals surface area (Å²) in [7, 11) is 0. The van der Waals surface area contributed by atoms with Gasteiger partial charge in [0.05, 0.1) is 5.69 Å². The van der Waals surface area contributed by atoms with Crippen molar-refractivity contribution in [1.82, 2.24) is 9.97 Å². The van der Waals surface area contributed by atoms with Crippen LogP contribution in [0, 0.1) is 6.92 Å². The SMILES string of the molecule is Cc1ccncc1CNc1ncccc1N. The molecule has 0 spiro atoms. The van der Waals surface area contributed by atoms with E-state index >= 15 is 0 Å². The van der Waals surface area contributed by atoms with Crippen LogP contribution in [0.25, 0.3) is 0 Å². The smallest absolute Gasteiger partial charge is 0.149 e. The van der Waals surface area contributed by atoms with Gasteiger partial charge in [0.15, 0.2) is 0 Å². The van der Waals surface area contributed by atoms with Crippen molar-refractivity contribution in [2.75, 3.05) is 11.1 Å². The zero-order chi connectivity index (χ0) is 11.4. The van der Waals surface area contributed by atoms with Gasteiger partial charge >= 0.3 is 0 Å². The number of rotatable bonds is 3. The van der Waals surface area contributed by atoms with Crippen molar-refractivity contribution in [2.24, 2.45) is 0 Å². The topological polar surface area (TPSA) is 63.8 Å². The van der Waals surface area contributed by atoms with Gasteiger partial charge in [-0.05, 0) is 36.2 Å². The molecule has 0 amide bonds. The zero-order valence-electron chi connectivity index (χ0n) is 9.14. The Morgan fingerprint density at radius 1 is 1.31 bits per heavy atom. The van der Waals surface area contributed by atoms with Gasteiger partial charge in [0.1, 0.15) is 5.82 Å². The largest absolute Gasteiger partial charge is 0.396 e. The van der Waals surface area contributed by atoms with Gasteiger partial charge in [-0.3, -0.25) is 4.98 Å². The first-order chi connectivity index (χ1) is 7.77. The van der Waals surface area contributed by atoms with Crippen molar-refractivity contribution in [1.29, 1.82) is 0 Å². The third-order valence-electron chi connectivity index (χ3n) is 2.43. The van der Waals surface area contributed by atoms with Crippen LogP contribution in [-0.4, -0.2) is 9.97 Å². The lowest BCUT2D eigenvalue weighted by atomic mass is 10.1. The molecule has 3 N–H and O–H groups in total. The van der Waals surface area contributed by atoms with Crippen LogP contribution < -0.4 is 11.1 Å². The number of nitrogens with zero attached hydrogens (tertiary/aromatic N) is 2. The minimum Gasteiger partial charge on any atom is -0.396 e. The second kappa shape index (κ2) is 4.61. The summed E-state index contributed by atoms with van der Waals surface area (Å²) in [6, 6.07) is 5.63. The van der Waals surface area contributed by atoms with E-state index in [1.54, 1.807) is 12.4 Å². The lowest BCUT2D eigenvalue weighted by molar-refractivity contribution is 1.06. The molecule has 0 bridgehead atoms. The first-order valence-corrected chi connectivity index (χ1v) is 5.11. The Bertz CT molecular complexity index is 436. The number of anilines is 2. The first kappa shape index (κ1) is 10.4. The molecular formula is C12H14N4. The Morgan fingerprint density at radius 3 is 2.94 bits per heavy atom. The average Bonchev–Trinajstić information content (AvgIpc) is 2.30. The Kier molecular flexibility index (Phi) is 3.00. The number of aryl methyl sites for hydroxylation is 1. The molecular weight excluding hydrogens is 200 g/mol. The van der Waals surface area contributed by atoms with E-state index in [0.717, 1.165) is 5.56 Å². The summed E-state index contributed by atoms with van der Waals surface area (Å²) in [6.07, 6.45) is 5.35. The fourth-order valence-electron chi connectivity index (χ4n) is 1.43. The predicted octanol–water partition coefficient (Wildman–Crippen LogP) is 1.98. The van der Waals surface area contributed by atoms with Gasteiger partial charge in [-0.25, -0.2) is 4.98 Å². The van der Waals surface area contributed by atoms with Crippen molar-refractivity contribution >= 4 is 11.5 Å².